The molecular formula is C16H12ClNOS. The number of fused-ring (bicyclic) bond motifs is 1. The molecule has 0 saturated heterocycles. The summed E-state index contributed by atoms with van der Waals surface area (Å²) in [6, 6.07) is 13.6. The fraction of sp³-hybridized carbons (Fsp3) is 0.0625. The van der Waals surface area contributed by atoms with Crippen LogP contribution in [0.4, 0.5) is 0 Å². The van der Waals surface area contributed by atoms with Crippen molar-refractivity contribution in [1.29, 1.82) is 0 Å². The lowest BCUT2D eigenvalue weighted by Crippen LogP contribution is -2.05. The number of aryl methyl sites for hydroxylation is 1. The second-order valence-electron chi connectivity index (χ2n) is 4.59. The van der Waals surface area contributed by atoms with E-state index >= 15 is 0 Å². The number of hydrogen-bond donors (Lipinski definition) is 1. The summed E-state index contributed by atoms with van der Waals surface area (Å²) in [7, 11) is 0. The van der Waals surface area contributed by atoms with Crippen LogP contribution in [0, 0.1) is 6.92 Å². The second-order valence-corrected chi connectivity index (χ2v) is 6.14. The maximum atomic E-state index is 11.8. The molecule has 0 unspecified atom stereocenters. The van der Waals surface area contributed by atoms with E-state index in [4.69, 9.17) is 11.6 Å². The molecule has 0 radical (unpaired) electrons. The minimum absolute atomic E-state index is 0.0927. The van der Waals surface area contributed by atoms with Gasteiger partial charge in [0.25, 0.3) is 5.56 Å². The first-order chi connectivity index (χ1) is 9.63. The number of benzene rings is 2. The first-order valence-electron chi connectivity index (χ1n) is 6.19. The quantitative estimate of drug-likeness (QED) is 0.748. The lowest BCUT2D eigenvalue weighted by Gasteiger charge is -2.06. The lowest BCUT2D eigenvalue weighted by atomic mass is 10.2. The fourth-order valence-corrected chi connectivity index (χ4v) is 3.12. The van der Waals surface area contributed by atoms with E-state index in [0.29, 0.717) is 10.4 Å². The van der Waals surface area contributed by atoms with Gasteiger partial charge in [-0.05, 0) is 37.3 Å². The second kappa shape index (κ2) is 5.35. The van der Waals surface area contributed by atoms with Gasteiger partial charge < -0.3 is 4.98 Å². The maximum absolute atomic E-state index is 11.8. The molecule has 0 fully saturated rings. The Hall–Kier alpha value is -1.71. The highest BCUT2D eigenvalue weighted by Gasteiger charge is 2.07. The zero-order valence-electron chi connectivity index (χ0n) is 10.8. The summed E-state index contributed by atoms with van der Waals surface area (Å²) in [4.78, 5) is 16.7. The Labute approximate surface area is 125 Å². The predicted octanol–water partition coefficient (Wildman–Crippen LogP) is 4.64. The van der Waals surface area contributed by atoms with Crippen LogP contribution in [0.25, 0.3) is 10.8 Å². The molecule has 4 heteroatoms. The van der Waals surface area contributed by atoms with Crippen LogP contribution in [0.1, 0.15) is 5.56 Å². The zero-order chi connectivity index (χ0) is 14.1. The van der Waals surface area contributed by atoms with Crippen molar-refractivity contribution < 1.29 is 0 Å². The van der Waals surface area contributed by atoms with Crippen molar-refractivity contribution in [3.63, 3.8) is 0 Å². The van der Waals surface area contributed by atoms with Gasteiger partial charge in [0.2, 0.25) is 0 Å². The van der Waals surface area contributed by atoms with Crippen LogP contribution in [0.2, 0.25) is 5.02 Å². The Balaban J connectivity index is 2.11. The number of rotatable bonds is 2. The van der Waals surface area contributed by atoms with E-state index in [2.05, 4.69) is 36.2 Å². The molecule has 0 amide bonds. The van der Waals surface area contributed by atoms with Gasteiger partial charge in [-0.3, -0.25) is 4.79 Å². The summed E-state index contributed by atoms with van der Waals surface area (Å²) in [5, 5.41) is 2.17. The maximum Gasteiger partial charge on any atom is 0.255 e. The molecule has 1 heterocycles. The van der Waals surface area contributed by atoms with Crippen molar-refractivity contribution in [2.45, 2.75) is 16.7 Å². The van der Waals surface area contributed by atoms with Gasteiger partial charge in [-0.2, -0.15) is 0 Å². The molecular weight excluding hydrogens is 290 g/mol. The molecule has 3 aromatic rings. The Morgan fingerprint density at radius 1 is 1.05 bits per heavy atom. The van der Waals surface area contributed by atoms with Crippen molar-refractivity contribution in [3.05, 3.63) is 69.6 Å². The number of nitrogens with one attached hydrogen (secondary N) is 1. The average Bonchev–Trinajstić information content (AvgIpc) is 2.44. The minimum Gasteiger partial charge on any atom is -0.327 e. The van der Waals surface area contributed by atoms with Gasteiger partial charge in [-0.25, -0.2) is 0 Å². The van der Waals surface area contributed by atoms with E-state index in [9.17, 15) is 4.79 Å². The van der Waals surface area contributed by atoms with Gasteiger partial charge in [-0.15, -0.1) is 0 Å². The Morgan fingerprint density at radius 2 is 1.80 bits per heavy atom. The van der Waals surface area contributed by atoms with Gasteiger partial charge in [0.05, 0.1) is 0 Å². The normalized spacial score (nSPS) is 10.9. The highest BCUT2D eigenvalue weighted by Crippen LogP contribution is 2.33. The highest BCUT2D eigenvalue weighted by atomic mass is 35.5. The summed E-state index contributed by atoms with van der Waals surface area (Å²) >= 11 is 7.66. The third-order valence-corrected chi connectivity index (χ3v) is 4.38. The van der Waals surface area contributed by atoms with Crippen LogP contribution in [0.3, 0.4) is 0 Å². The third kappa shape index (κ3) is 2.60. The number of hydrogen-bond acceptors (Lipinski definition) is 2. The summed E-state index contributed by atoms with van der Waals surface area (Å²) in [6.45, 7) is 2.06. The first-order valence-corrected chi connectivity index (χ1v) is 7.38. The summed E-state index contributed by atoms with van der Waals surface area (Å²) in [6.07, 6.45) is 1.74. The van der Waals surface area contributed by atoms with Crippen molar-refractivity contribution in [3.8, 4) is 0 Å². The van der Waals surface area contributed by atoms with Gasteiger partial charge in [-0.1, -0.05) is 41.1 Å². The molecule has 1 N–H and O–H groups in total. The zero-order valence-corrected chi connectivity index (χ0v) is 12.4. The predicted molar refractivity (Wildman–Crippen MR) is 84.9 cm³/mol. The third-order valence-electron chi connectivity index (χ3n) is 3.07. The van der Waals surface area contributed by atoms with Crippen molar-refractivity contribution in [2.24, 2.45) is 0 Å². The van der Waals surface area contributed by atoms with Gasteiger partial charge >= 0.3 is 0 Å². The fourth-order valence-electron chi connectivity index (χ4n) is 2.02. The minimum atomic E-state index is -0.0927. The van der Waals surface area contributed by atoms with Gasteiger partial charge in [0, 0.05) is 31.8 Å². The summed E-state index contributed by atoms with van der Waals surface area (Å²) in [5.74, 6) is 0. The molecule has 100 valence electrons. The standard InChI is InChI=1S/C16H12ClNOS/c1-10-2-5-12(6-3-10)20-15-9-18-16(19)13-7-4-11(17)8-14(13)15/h2-9H,1H3,(H,18,19). The Morgan fingerprint density at radius 3 is 2.55 bits per heavy atom. The van der Waals surface area contributed by atoms with Crippen molar-refractivity contribution >= 4 is 34.1 Å². The Bertz CT molecular complexity index is 824. The van der Waals surface area contributed by atoms with Gasteiger partial charge in [0.15, 0.2) is 0 Å². The molecule has 0 aliphatic carbocycles. The topological polar surface area (TPSA) is 32.9 Å². The molecule has 0 bridgehead atoms. The molecule has 2 aromatic carbocycles. The lowest BCUT2D eigenvalue weighted by molar-refractivity contribution is 1.22. The Kier molecular flexibility index (Phi) is 3.55. The van der Waals surface area contributed by atoms with E-state index < -0.39 is 0 Å². The van der Waals surface area contributed by atoms with Gasteiger partial charge in [0.1, 0.15) is 0 Å². The molecule has 1 aromatic heterocycles. The monoisotopic (exact) mass is 301 g/mol. The number of aromatic amines is 1. The molecule has 20 heavy (non-hydrogen) atoms. The number of H-pyrrole nitrogens is 1. The van der Waals surface area contributed by atoms with E-state index in [1.165, 1.54) is 5.56 Å². The van der Waals surface area contributed by atoms with Crippen LogP contribution < -0.4 is 5.56 Å². The van der Waals surface area contributed by atoms with E-state index in [0.717, 1.165) is 15.2 Å². The molecule has 0 aliphatic rings. The molecule has 2 nitrogen and oxygen atoms in total. The number of pyridine rings is 1. The first kappa shape index (κ1) is 13.3. The largest absolute Gasteiger partial charge is 0.327 e. The van der Waals surface area contributed by atoms with E-state index in [1.807, 2.05) is 6.07 Å². The molecule has 0 saturated carbocycles. The SMILES string of the molecule is Cc1ccc(Sc2c[nH]c(=O)c3ccc(Cl)cc23)cc1. The smallest absolute Gasteiger partial charge is 0.255 e. The highest BCUT2D eigenvalue weighted by molar-refractivity contribution is 7.99. The average molecular weight is 302 g/mol. The van der Waals surface area contributed by atoms with E-state index in [-0.39, 0.29) is 5.56 Å². The summed E-state index contributed by atoms with van der Waals surface area (Å²) in [5.41, 5.74) is 1.13. The van der Waals surface area contributed by atoms with Crippen molar-refractivity contribution in [2.75, 3.05) is 0 Å². The molecule has 3 rings (SSSR count). The van der Waals surface area contributed by atoms with Crippen LogP contribution in [-0.4, -0.2) is 4.98 Å². The van der Waals surface area contributed by atoms with Crippen LogP contribution >= 0.6 is 23.4 Å². The van der Waals surface area contributed by atoms with Crippen LogP contribution in [0.15, 0.2) is 63.2 Å². The molecule has 0 aliphatic heterocycles. The van der Waals surface area contributed by atoms with E-state index in [1.54, 1.807) is 30.1 Å². The van der Waals surface area contributed by atoms with Crippen LogP contribution in [0.5, 0.6) is 0 Å². The number of halogens is 1. The van der Waals surface area contributed by atoms with Crippen LogP contribution in [-0.2, 0) is 0 Å². The number of aromatic nitrogens is 1. The summed E-state index contributed by atoms with van der Waals surface area (Å²) < 4.78 is 0. The molecule has 0 spiro atoms. The van der Waals surface area contributed by atoms with Crippen molar-refractivity contribution in [1.82, 2.24) is 4.98 Å². The molecule has 0 atom stereocenters.